The lowest BCUT2D eigenvalue weighted by Gasteiger charge is -2.14. The molecule has 0 atom stereocenters. The highest BCUT2D eigenvalue weighted by Gasteiger charge is 2.41. The van der Waals surface area contributed by atoms with Crippen molar-refractivity contribution >= 4 is 15.9 Å². The van der Waals surface area contributed by atoms with E-state index in [9.17, 15) is 0 Å². The predicted molar refractivity (Wildman–Crippen MR) is 64.8 cm³/mol. The van der Waals surface area contributed by atoms with Crippen LogP contribution in [0.25, 0.3) is 0 Å². The molecule has 1 fully saturated rings. The summed E-state index contributed by atoms with van der Waals surface area (Å²) in [6.07, 6.45) is 2.19. The number of aliphatic hydroxyl groups is 1. The monoisotopic (exact) mass is 269 g/mol. The van der Waals surface area contributed by atoms with E-state index in [-0.39, 0.29) is 12.1 Å². The molecule has 0 aromatic heterocycles. The summed E-state index contributed by atoms with van der Waals surface area (Å²) in [6.45, 7) is 3.16. The van der Waals surface area contributed by atoms with Crippen molar-refractivity contribution in [3.63, 3.8) is 0 Å². The highest BCUT2D eigenvalue weighted by Crippen LogP contribution is 2.34. The topological polar surface area (TPSA) is 32.3 Å². The number of aliphatic hydroxyl groups excluding tert-OH is 1. The van der Waals surface area contributed by atoms with Gasteiger partial charge in [0.15, 0.2) is 0 Å². The van der Waals surface area contributed by atoms with Crippen molar-refractivity contribution in [1.29, 1.82) is 0 Å². The van der Waals surface area contributed by atoms with E-state index in [1.807, 2.05) is 0 Å². The van der Waals surface area contributed by atoms with E-state index in [1.165, 1.54) is 11.1 Å². The molecule has 2 rings (SSSR count). The molecule has 82 valence electrons. The van der Waals surface area contributed by atoms with Crippen LogP contribution in [-0.2, 0) is 6.54 Å². The summed E-state index contributed by atoms with van der Waals surface area (Å²) < 4.78 is 1.15. The highest BCUT2D eigenvalue weighted by atomic mass is 79.9. The van der Waals surface area contributed by atoms with Crippen molar-refractivity contribution in [1.82, 2.24) is 5.32 Å². The molecular weight excluding hydrogens is 254 g/mol. The van der Waals surface area contributed by atoms with Crippen LogP contribution in [0.2, 0.25) is 0 Å². The van der Waals surface area contributed by atoms with Crippen molar-refractivity contribution < 1.29 is 5.11 Å². The van der Waals surface area contributed by atoms with Crippen LogP contribution in [0.15, 0.2) is 22.7 Å². The Morgan fingerprint density at radius 3 is 2.73 bits per heavy atom. The lowest BCUT2D eigenvalue weighted by atomic mass is 10.1. The highest BCUT2D eigenvalue weighted by molar-refractivity contribution is 9.10. The average molecular weight is 270 g/mol. The predicted octanol–water partition coefficient (Wildman–Crippen LogP) is 2.37. The smallest absolute Gasteiger partial charge is 0.0613 e. The Morgan fingerprint density at radius 2 is 2.20 bits per heavy atom. The fourth-order valence-corrected chi connectivity index (χ4v) is 2.00. The van der Waals surface area contributed by atoms with E-state index in [2.05, 4.69) is 46.4 Å². The Bertz CT molecular complexity index is 361. The number of nitrogens with one attached hydrogen (secondary N) is 1. The normalized spacial score (nSPS) is 17.8. The van der Waals surface area contributed by atoms with Crippen LogP contribution in [-0.4, -0.2) is 17.3 Å². The first kappa shape index (κ1) is 11.1. The molecule has 0 amide bonds. The molecule has 0 aliphatic heterocycles. The summed E-state index contributed by atoms with van der Waals surface area (Å²) in [6, 6.07) is 6.37. The zero-order valence-corrected chi connectivity index (χ0v) is 10.5. The quantitative estimate of drug-likeness (QED) is 0.880. The fraction of sp³-hybridized carbons (Fsp3) is 0.500. The van der Waals surface area contributed by atoms with Crippen LogP contribution in [0.3, 0.4) is 0 Å². The molecule has 15 heavy (non-hydrogen) atoms. The van der Waals surface area contributed by atoms with E-state index in [0.29, 0.717) is 0 Å². The van der Waals surface area contributed by atoms with Gasteiger partial charge in [-0.15, -0.1) is 0 Å². The average Bonchev–Trinajstić information content (AvgIpc) is 3.01. The van der Waals surface area contributed by atoms with Crippen LogP contribution in [0, 0.1) is 6.92 Å². The summed E-state index contributed by atoms with van der Waals surface area (Å²) in [5.41, 5.74) is 2.53. The summed E-state index contributed by atoms with van der Waals surface area (Å²) >= 11 is 3.52. The third-order valence-corrected chi connectivity index (χ3v) is 3.91. The Labute approximate surface area is 98.8 Å². The van der Waals surface area contributed by atoms with Crippen LogP contribution >= 0.6 is 15.9 Å². The third-order valence-electron chi connectivity index (χ3n) is 3.06. The van der Waals surface area contributed by atoms with E-state index in [0.717, 1.165) is 23.9 Å². The molecular formula is C12H16BrNO. The molecule has 1 aromatic carbocycles. The number of aryl methyl sites for hydroxylation is 1. The van der Waals surface area contributed by atoms with Crippen LogP contribution in [0.4, 0.5) is 0 Å². The molecule has 0 unspecified atom stereocenters. The summed E-state index contributed by atoms with van der Waals surface area (Å²) in [5.74, 6) is 0. The van der Waals surface area contributed by atoms with Crippen molar-refractivity contribution in [2.24, 2.45) is 0 Å². The van der Waals surface area contributed by atoms with Gasteiger partial charge < -0.3 is 10.4 Å². The minimum absolute atomic E-state index is 0.0252. The first-order valence-corrected chi connectivity index (χ1v) is 6.05. The van der Waals surface area contributed by atoms with Crippen LogP contribution in [0.1, 0.15) is 24.0 Å². The molecule has 2 N–H and O–H groups in total. The summed E-state index contributed by atoms with van der Waals surface area (Å²) in [4.78, 5) is 0. The van der Waals surface area contributed by atoms with Gasteiger partial charge in [-0.05, 0) is 37.0 Å². The van der Waals surface area contributed by atoms with Gasteiger partial charge in [-0.3, -0.25) is 0 Å². The number of halogens is 1. The van der Waals surface area contributed by atoms with Gasteiger partial charge in [-0.1, -0.05) is 28.1 Å². The van der Waals surface area contributed by atoms with E-state index in [4.69, 9.17) is 5.11 Å². The maximum Gasteiger partial charge on any atom is 0.0613 e. The largest absolute Gasteiger partial charge is 0.394 e. The summed E-state index contributed by atoms with van der Waals surface area (Å²) in [7, 11) is 0. The fourth-order valence-electron chi connectivity index (χ4n) is 1.58. The molecule has 0 saturated heterocycles. The Hall–Kier alpha value is -0.380. The number of benzene rings is 1. The van der Waals surface area contributed by atoms with Gasteiger partial charge in [-0.25, -0.2) is 0 Å². The van der Waals surface area contributed by atoms with Crippen molar-refractivity contribution in [3.8, 4) is 0 Å². The van der Waals surface area contributed by atoms with Gasteiger partial charge in [0.25, 0.3) is 0 Å². The van der Waals surface area contributed by atoms with Gasteiger partial charge >= 0.3 is 0 Å². The number of rotatable bonds is 4. The first-order valence-electron chi connectivity index (χ1n) is 5.26. The minimum Gasteiger partial charge on any atom is -0.394 e. The van der Waals surface area contributed by atoms with Gasteiger partial charge in [0, 0.05) is 16.6 Å². The van der Waals surface area contributed by atoms with Gasteiger partial charge in [0.1, 0.15) is 0 Å². The Kier molecular flexibility index (Phi) is 3.14. The van der Waals surface area contributed by atoms with Crippen LogP contribution in [0.5, 0.6) is 0 Å². The van der Waals surface area contributed by atoms with E-state index in [1.54, 1.807) is 0 Å². The van der Waals surface area contributed by atoms with E-state index >= 15 is 0 Å². The Balaban J connectivity index is 1.96. The molecule has 0 bridgehead atoms. The molecule has 1 aliphatic rings. The van der Waals surface area contributed by atoms with Gasteiger partial charge in [0.2, 0.25) is 0 Å². The number of hydrogen-bond acceptors (Lipinski definition) is 2. The molecule has 1 aliphatic carbocycles. The maximum atomic E-state index is 9.16. The van der Waals surface area contributed by atoms with Gasteiger partial charge in [-0.2, -0.15) is 0 Å². The van der Waals surface area contributed by atoms with Crippen molar-refractivity contribution in [2.45, 2.75) is 31.8 Å². The van der Waals surface area contributed by atoms with Crippen molar-refractivity contribution in [2.75, 3.05) is 6.61 Å². The first-order chi connectivity index (χ1) is 7.15. The minimum atomic E-state index is 0.0252. The second-order valence-electron chi connectivity index (χ2n) is 4.38. The standard InChI is InChI=1S/C12H16BrNO/c1-9-2-3-10(6-11(9)13)7-14-12(8-15)4-5-12/h2-3,6,14-15H,4-5,7-8H2,1H3. The zero-order chi connectivity index (χ0) is 10.9. The molecule has 0 radical (unpaired) electrons. The lowest BCUT2D eigenvalue weighted by molar-refractivity contribution is 0.229. The van der Waals surface area contributed by atoms with Crippen molar-refractivity contribution in [3.05, 3.63) is 33.8 Å². The zero-order valence-electron chi connectivity index (χ0n) is 8.89. The molecule has 0 heterocycles. The molecule has 2 nitrogen and oxygen atoms in total. The molecule has 3 heteroatoms. The SMILES string of the molecule is Cc1ccc(CNC2(CO)CC2)cc1Br. The summed E-state index contributed by atoms with van der Waals surface area (Å²) in [5, 5.41) is 12.6. The molecule has 0 spiro atoms. The molecule has 1 saturated carbocycles. The second kappa shape index (κ2) is 4.24. The Morgan fingerprint density at radius 1 is 1.47 bits per heavy atom. The maximum absolute atomic E-state index is 9.16. The molecule has 1 aromatic rings. The third kappa shape index (κ3) is 2.60. The van der Waals surface area contributed by atoms with Crippen LogP contribution < -0.4 is 5.32 Å². The van der Waals surface area contributed by atoms with E-state index < -0.39 is 0 Å². The number of hydrogen-bond donors (Lipinski definition) is 2. The lowest BCUT2D eigenvalue weighted by Crippen LogP contribution is -2.34. The second-order valence-corrected chi connectivity index (χ2v) is 5.23. The van der Waals surface area contributed by atoms with Gasteiger partial charge in [0.05, 0.1) is 6.61 Å².